The summed E-state index contributed by atoms with van der Waals surface area (Å²) in [6.45, 7) is 4.40. The molecular weight excluding hydrogens is 274 g/mol. The Bertz CT molecular complexity index is 670. The van der Waals surface area contributed by atoms with Crippen molar-refractivity contribution in [3.05, 3.63) is 60.7 Å². The predicted molar refractivity (Wildman–Crippen MR) is 87.8 cm³/mol. The maximum absolute atomic E-state index is 4.65. The molecule has 21 heavy (non-hydrogen) atoms. The summed E-state index contributed by atoms with van der Waals surface area (Å²) in [5.41, 5.74) is 2.98. The highest BCUT2D eigenvalue weighted by atomic mass is 28.3. The maximum Gasteiger partial charge on any atom is 0.163 e. The van der Waals surface area contributed by atoms with Gasteiger partial charge in [0, 0.05) is 11.1 Å². The molecule has 1 aromatic heterocycles. The SMILES string of the molecule is C[Si](C)c1nc(-c2ccccc2)nc(-c2ccccc2)n1. The summed E-state index contributed by atoms with van der Waals surface area (Å²) < 4.78 is 0. The van der Waals surface area contributed by atoms with Crippen LogP contribution in [-0.2, 0) is 0 Å². The molecule has 1 heterocycles. The Morgan fingerprint density at radius 1 is 0.619 bits per heavy atom. The van der Waals surface area contributed by atoms with Gasteiger partial charge in [0.2, 0.25) is 0 Å². The van der Waals surface area contributed by atoms with Crippen molar-refractivity contribution in [3.8, 4) is 22.8 Å². The van der Waals surface area contributed by atoms with Crippen LogP contribution in [0.1, 0.15) is 0 Å². The van der Waals surface area contributed by atoms with E-state index in [0.717, 1.165) is 28.2 Å². The number of hydrogen-bond acceptors (Lipinski definition) is 3. The molecule has 0 atom stereocenters. The fraction of sp³-hybridized carbons (Fsp3) is 0.118. The van der Waals surface area contributed by atoms with E-state index in [4.69, 9.17) is 0 Å². The third-order valence-corrected chi connectivity index (χ3v) is 4.26. The molecule has 0 bridgehead atoms. The second-order valence-electron chi connectivity index (χ2n) is 5.04. The van der Waals surface area contributed by atoms with E-state index in [0.29, 0.717) is 0 Å². The lowest BCUT2D eigenvalue weighted by Crippen LogP contribution is -2.31. The number of benzene rings is 2. The largest absolute Gasteiger partial charge is 0.219 e. The molecule has 3 nitrogen and oxygen atoms in total. The predicted octanol–water partition coefficient (Wildman–Crippen LogP) is 3.17. The molecule has 0 amide bonds. The monoisotopic (exact) mass is 290 g/mol. The summed E-state index contributed by atoms with van der Waals surface area (Å²) in [6, 6.07) is 20.1. The van der Waals surface area contributed by atoms with Crippen LogP contribution in [0.3, 0.4) is 0 Å². The summed E-state index contributed by atoms with van der Waals surface area (Å²) in [7, 11) is -0.733. The van der Waals surface area contributed by atoms with Crippen LogP contribution in [0.4, 0.5) is 0 Å². The zero-order valence-electron chi connectivity index (χ0n) is 12.1. The van der Waals surface area contributed by atoms with Gasteiger partial charge in [0.25, 0.3) is 0 Å². The van der Waals surface area contributed by atoms with Crippen LogP contribution in [0.2, 0.25) is 13.1 Å². The first-order valence-electron chi connectivity index (χ1n) is 6.91. The lowest BCUT2D eigenvalue weighted by atomic mass is 10.2. The Morgan fingerprint density at radius 3 is 1.43 bits per heavy atom. The molecule has 0 aliphatic rings. The van der Waals surface area contributed by atoms with Crippen molar-refractivity contribution in [2.45, 2.75) is 13.1 Å². The third-order valence-electron chi connectivity index (χ3n) is 3.15. The van der Waals surface area contributed by atoms with E-state index in [1.54, 1.807) is 0 Å². The normalized spacial score (nSPS) is 10.8. The van der Waals surface area contributed by atoms with Crippen LogP contribution in [0.25, 0.3) is 22.8 Å². The van der Waals surface area contributed by atoms with Gasteiger partial charge in [-0.3, -0.25) is 0 Å². The molecule has 0 saturated carbocycles. The highest BCUT2D eigenvalue weighted by Crippen LogP contribution is 2.18. The lowest BCUT2D eigenvalue weighted by Gasteiger charge is -2.09. The standard InChI is InChI=1S/C17H16N3Si/c1-21(2)17-19-15(13-9-5-3-6-10-13)18-16(20-17)14-11-7-4-8-12-14/h3-12H,1-2H3. The zero-order chi connectivity index (χ0) is 14.7. The molecule has 0 saturated heterocycles. The van der Waals surface area contributed by atoms with E-state index < -0.39 is 8.80 Å². The van der Waals surface area contributed by atoms with Crippen LogP contribution in [0.15, 0.2) is 60.7 Å². The second kappa shape index (κ2) is 5.97. The van der Waals surface area contributed by atoms with Gasteiger partial charge >= 0.3 is 0 Å². The van der Waals surface area contributed by atoms with Crippen LogP contribution in [0.5, 0.6) is 0 Å². The van der Waals surface area contributed by atoms with Crippen LogP contribution < -0.4 is 5.45 Å². The fourth-order valence-corrected chi connectivity index (χ4v) is 2.69. The number of hydrogen-bond donors (Lipinski definition) is 0. The van der Waals surface area contributed by atoms with Crippen molar-refractivity contribution in [2.75, 3.05) is 0 Å². The first kappa shape index (κ1) is 13.6. The number of nitrogens with zero attached hydrogens (tertiary/aromatic N) is 3. The van der Waals surface area contributed by atoms with E-state index >= 15 is 0 Å². The Balaban J connectivity index is 2.16. The fourth-order valence-electron chi connectivity index (χ4n) is 2.03. The van der Waals surface area contributed by atoms with Gasteiger partial charge in [-0.15, -0.1) is 0 Å². The van der Waals surface area contributed by atoms with Gasteiger partial charge in [-0.2, -0.15) is 0 Å². The van der Waals surface area contributed by atoms with Gasteiger partial charge in [-0.25, -0.2) is 15.0 Å². The minimum Gasteiger partial charge on any atom is -0.219 e. The average molecular weight is 290 g/mol. The van der Waals surface area contributed by atoms with E-state index in [2.05, 4.69) is 28.0 Å². The molecule has 0 spiro atoms. The molecule has 103 valence electrons. The summed E-state index contributed by atoms with van der Waals surface area (Å²) in [6.07, 6.45) is 0. The Hall–Kier alpha value is -2.33. The first-order valence-corrected chi connectivity index (χ1v) is 9.41. The third kappa shape index (κ3) is 3.06. The molecule has 0 N–H and O–H groups in total. The average Bonchev–Trinajstić information content (AvgIpc) is 2.56. The number of rotatable bonds is 3. The summed E-state index contributed by atoms with van der Waals surface area (Å²) in [5, 5.41) is 0. The molecule has 4 heteroatoms. The molecule has 3 aromatic rings. The first-order chi connectivity index (χ1) is 10.2. The smallest absolute Gasteiger partial charge is 0.163 e. The van der Waals surface area contributed by atoms with Crippen LogP contribution >= 0.6 is 0 Å². The molecule has 0 fully saturated rings. The minimum absolute atomic E-state index is 0.733. The second-order valence-corrected chi connectivity index (χ2v) is 7.49. The lowest BCUT2D eigenvalue weighted by molar-refractivity contribution is 1.10. The van der Waals surface area contributed by atoms with Gasteiger partial charge in [0.05, 0.1) is 0 Å². The Labute approximate surface area is 126 Å². The van der Waals surface area contributed by atoms with Crippen molar-refractivity contribution in [1.82, 2.24) is 15.0 Å². The Morgan fingerprint density at radius 2 is 1.05 bits per heavy atom. The van der Waals surface area contributed by atoms with Crippen molar-refractivity contribution in [1.29, 1.82) is 0 Å². The van der Waals surface area contributed by atoms with Crippen molar-refractivity contribution < 1.29 is 0 Å². The summed E-state index contributed by atoms with van der Waals surface area (Å²) >= 11 is 0. The summed E-state index contributed by atoms with van der Waals surface area (Å²) in [5.74, 6) is 1.51. The molecule has 0 aliphatic heterocycles. The molecule has 1 radical (unpaired) electrons. The zero-order valence-corrected chi connectivity index (χ0v) is 13.1. The topological polar surface area (TPSA) is 38.7 Å². The molecule has 2 aromatic carbocycles. The van der Waals surface area contributed by atoms with Gasteiger partial charge in [-0.05, 0) is 0 Å². The van der Waals surface area contributed by atoms with E-state index in [1.165, 1.54) is 0 Å². The van der Waals surface area contributed by atoms with Crippen molar-refractivity contribution >= 4 is 14.2 Å². The van der Waals surface area contributed by atoms with Crippen LogP contribution in [0, 0.1) is 0 Å². The molecule has 0 unspecified atom stereocenters. The van der Waals surface area contributed by atoms with Gasteiger partial charge in [0.1, 0.15) is 14.2 Å². The summed E-state index contributed by atoms with van der Waals surface area (Å²) in [4.78, 5) is 14.0. The molecule has 0 aliphatic carbocycles. The molecular formula is C17H16N3Si. The molecule has 3 rings (SSSR count). The van der Waals surface area contributed by atoms with E-state index in [9.17, 15) is 0 Å². The van der Waals surface area contributed by atoms with Crippen molar-refractivity contribution in [3.63, 3.8) is 0 Å². The number of aromatic nitrogens is 3. The van der Waals surface area contributed by atoms with Gasteiger partial charge in [-0.1, -0.05) is 73.8 Å². The minimum atomic E-state index is -0.733. The van der Waals surface area contributed by atoms with Crippen LogP contribution in [-0.4, -0.2) is 23.7 Å². The van der Waals surface area contributed by atoms with Crippen molar-refractivity contribution in [2.24, 2.45) is 0 Å². The van der Waals surface area contributed by atoms with E-state index in [1.807, 2.05) is 60.7 Å². The highest BCUT2D eigenvalue weighted by Gasteiger charge is 2.12. The van der Waals surface area contributed by atoms with E-state index in [-0.39, 0.29) is 0 Å². The highest BCUT2D eigenvalue weighted by molar-refractivity contribution is 6.69. The Kier molecular flexibility index (Phi) is 3.88. The van der Waals surface area contributed by atoms with Gasteiger partial charge in [0.15, 0.2) is 11.6 Å². The maximum atomic E-state index is 4.65. The van der Waals surface area contributed by atoms with Gasteiger partial charge < -0.3 is 0 Å². The quantitative estimate of drug-likeness (QED) is 0.695.